The van der Waals surface area contributed by atoms with Gasteiger partial charge in [-0.3, -0.25) is 38.7 Å². The minimum absolute atomic E-state index is 0. The number of esters is 7. The molecule has 13 rings (SSSR count). The van der Waals surface area contributed by atoms with Crippen molar-refractivity contribution in [1.29, 1.82) is 0 Å². The zero-order valence-electron chi connectivity index (χ0n) is 79.9. The van der Waals surface area contributed by atoms with E-state index < -0.39 is 72.3 Å². The molecule has 2 amide bonds. The average Bonchev–Trinajstić information content (AvgIpc) is 0.528. The Balaban J connectivity index is 0.000000404. The van der Waals surface area contributed by atoms with Gasteiger partial charge in [0.1, 0.15) is 51.9 Å². The Morgan fingerprint density at radius 1 is 0.460 bits per heavy atom. The minimum Gasteiger partial charge on any atom is -1.00 e. The first-order chi connectivity index (χ1) is 65.3. The molecule has 3 aliphatic heterocycles. The molecule has 0 radical (unpaired) electrons. The molecule has 4 aromatic carbocycles. The van der Waals surface area contributed by atoms with Crippen molar-refractivity contribution in [1.82, 2.24) is 45.0 Å². The van der Waals surface area contributed by atoms with E-state index >= 15 is 0 Å². The van der Waals surface area contributed by atoms with E-state index in [9.17, 15) is 67.1 Å². The summed E-state index contributed by atoms with van der Waals surface area (Å²) in [6, 6.07) is 55.9. The number of aromatic nitrogens is 6. The maximum Gasteiger partial charge on any atom is 1.00 e. The van der Waals surface area contributed by atoms with Crippen LogP contribution in [0.1, 0.15) is 202 Å². The zero-order chi connectivity index (χ0) is 100. The third-order valence-corrected chi connectivity index (χ3v) is 19.3. The molecule has 718 valence electrons. The number of nitrogens with one attached hydrogen (secondary N) is 1. The summed E-state index contributed by atoms with van der Waals surface area (Å²) >= 11 is 5.16. The first kappa shape index (κ1) is 115. The number of aldehydes is 1. The molecule has 0 unspecified atom stereocenters. The van der Waals surface area contributed by atoms with Gasteiger partial charge in [0, 0.05) is 82.4 Å². The zero-order valence-corrected chi connectivity index (χ0v) is 81.6. The molecule has 137 heavy (non-hydrogen) atoms. The molecule has 6 aromatic heterocycles. The fourth-order valence-electron chi connectivity index (χ4n) is 12.1. The summed E-state index contributed by atoms with van der Waals surface area (Å²) in [7, 11) is 10.4. The molecule has 0 aliphatic carbocycles. The molecule has 3 N–H and O–H groups in total. The van der Waals surface area contributed by atoms with Gasteiger partial charge in [-0.05, 0) is 174 Å². The topological polar surface area (TPSA) is 472 Å². The summed E-state index contributed by atoms with van der Waals surface area (Å²) in [4.78, 5) is 185. The number of ether oxygens (including phenoxy) is 9. The van der Waals surface area contributed by atoms with Gasteiger partial charge in [-0.15, -0.1) is 6.58 Å². The van der Waals surface area contributed by atoms with Crippen molar-refractivity contribution >= 4 is 102 Å². The number of carbonyl (C=O) groups is 14. The number of allylic oxidation sites excluding steroid dienone is 1. The van der Waals surface area contributed by atoms with Crippen LogP contribution in [-0.2, 0) is 137 Å². The van der Waals surface area contributed by atoms with Crippen LogP contribution in [0.25, 0.3) is 0 Å². The Kier molecular flexibility index (Phi) is 51.9. The number of hydrogen-bond donors (Lipinski definition) is 2. The molecule has 0 saturated heterocycles. The molecule has 3 aliphatic rings. The molecule has 39 heteroatoms. The first-order valence-corrected chi connectivity index (χ1v) is 42.3. The third kappa shape index (κ3) is 38.7. The van der Waals surface area contributed by atoms with Crippen molar-refractivity contribution in [2.24, 2.45) is 5.73 Å². The van der Waals surface area contributed by atoms with Crippen molar-refractivity contribution in [3.8, 4) is 11.5 Å². The van der Waals surface area contributed by atoms with E-state index in [2.05, 4.69) is 127 Å². The van der Waals surface area contributed by atoms with Gasteiger partial charge in [-0.1, -0.05) is 129 Å². The fraction of sp³-hybridized carbons (Fsp3) is 0.286. The SMILES string of the molecule is C=CCc1ccc(C(=O)OC)nc1C(=O)OC.CC(=O)OB(OC(C)=O)OC(C)=O.CCc1ccc2c(n1)CN(C(=O)c1ccccc1)CC2.CCc1ccc2c(n1)CNCC2.COC(=O)c1ccc(CC=O)c(C(=O)OC)n1.COC(=O)c1ccc2c(n1)C(=O)N(Cc1ccc(OC)cc1)CC2.COC(=O)c1cccc(C(=O)OC)n1.COc1ccc(CN)cc1.O=C(Cl)c1ccccc1.[H-].[Na+]. The molecule has 0 saturated carbocycles. The third-order valence-electron chi connectivity index (χ3n) is 19.1. The average molecular weight is 1910 g/mol. The second kappa shape index (κ2) is 62.0. The number of benzene rings is 4. The number of fused-ring (bicyclic) bond motifs is 3. The summed E-state index contributed by atoms with van der Waals surface area (Å²) in [5.74, 6) is -4.83. The molecular formula is C98H109BClN10NaO26. The molecule has 10 aromatic rings. The largest absolute Gasteiger partial charge is 1.00 e. The summed E-state index contributed by atoms with van der Waals surface area (Å²) < 4.78 is 54.9. The molecule has 0 bridgehead atoms. The maximum atomic E-state index is 12.7. The monoisotopic (exact) mass is 1910 g/mol. The molecule has 0 fully saturated rings. The number of methoxy groups -OCH3 is 9. The number of hydrogen-bond acceptors (Lipinski definition) is 34. The van der Waals surface area contributed by atoms with Gasteiger partial charge in [0.05, 0.1) is 81.9 Å². The van der Waals surface area contributed by atoms with Crippen LogP contribution in [0.4, 0.5) is 0 Å². The fourth-order valence-corrected chi connectivity index (χ4v) is 12.2. The van der Waals surface area contributed by atoms with Crippen molar-refractivity contribution < 1.29 is 155 Å². The predicted octanol–water partition coefficient (Wildman–Crippen LogP) is 8.64. The van der Waals surface area contributed by atoms with E-state index in [1.807, 2.05) is 89.8 Å². The molecule has 9 heterocycles. The minimum atomic E-state index is -1.59. The van der Waals surface area contributed by atoms with Crippen LogP contribution in [-0.4, -0.2) is 214 Å². The van der Waals surface area contributed by atoms with E-state index in [-0.39, 0.29) is 89.1 Å². The number of aryl methyl sites for hydroxylation is 2. The van der Waals surface area contributed by atoms with Crippen LogP contribution < -0.4 is 50.1 Å². The van der Waals surface area contributed by atoms with E-state index in [0.717, 1.165) is 111 Å². The van der Waals surface area contributed by atoms with Crippen LogP contribution in [0.15, 0.2) is 201 Å². The summed E-state index contributed by atoms with van der Waals surface area (Å²) in [6.07, 6.45) is 7.48. The number of nitrogens with zero attached hydrogens (tertiary/aromatic N) is 8. The molecule has 0 spiro atoms. The van der Waals surface area contributed by atoms with Crippen molar-refractivity contribution in [3.05, 3.63) is 319 Å². The number of pyridine rings is 6. The van der Waals surface area contributed by atoms with Gasteiger partial charge in [0.25, 0.3) is 35.0 Å². The molecular weight excluding hydrogens is 1800 g/mol. The van der Waals surface area contributed by atoms with E-state index in [0.29, 0.717) is 67.7 Å². The van der Waals surface area contributed by atoms with Crippen LogP contribution in [0, 0.1) is 0 Å². The second-order valence-corrected chi connectivity index (χ2v) is 28.6. The van der Waals surface area contributed by atoms with Crippen LogP contribution in [0.5, 0.6) is 11.5 Å². The number of amides is 2. The standard InChI is InChI=1S/C18H18N2O4.C17H18N2O.C12H13NO4.C11H11NO5.C10H14N2.C9H9NO4.C8H11NO.C7H5ClO.C6H9BO6.Na.H/c1-23-14-6-3-12(4-7-14)11-20-10-9-13-5-8-15(18(22)24-2)19-16(13)17(20)21;1-2-15-9-8-13-10-11-19(12-16(13)18-15)17(20)14-6-4-3-5-7-14;1-4-5-8-6-7-9(11(14)16-2)13-10(8)12(15)17-3;1-16-10(14)8-4-3-7(5-6-13)9(12-8)11(15)17-2;1-2-9-4-3-8-5-6-11-7-10(8)12-9;1-13-8(11)6-4-3-5-7(10-6)9(12)14-2;1-10-8-4-2-7(6-9)3-5-8;8-7(9)6-4-2-1-3-5-6;1-4(8)11-7(12-5(2)9)13-6(3)10;;/h3-8H,9-11H2,1-2H3;3-9H,2,10-12H2,1H3;4,6-7H,1,5H2,2-3H3;3-4,6H,5H2,1-2H3;3-4,11H,2,5-7H2,1H3;3-5H,1-2H3;2-5H,6,9H2,1H3;1-5H;1-3H3;;/q;;;;;;;;;+1;-1. The summed E-state index contributed by atoms with van der Waals surface area (Å²) in [5, 5.41) is 2.92. The van der Waals surface area contributed by atoms with Gasteiger partial charge in [-0.25, -0.2) is 53.5 Å². The van der Waals surface area contributed by atoms with E-state index in [1.165, 1.54) is 109 Å². The molecule has 36 nitrogen and oxygen atoms in total. The van der Waals surface area contributed by atoms with Gasteiger partial charge in [0.15, 0.2) is 11.4 Å². The van der Waals surface area contributed by atoms with Crippen molar-refractivity contribution in [3.63, 3.8) is 0 Å². The van der Waals surface area contributed by atoms with Gasteiger partial charge in [-0.2, -0.15) is 0 Å². The summed E-state index contributed by atoms with van der Waals surface area (Å²) in [5.41, 5.74) is 18.8. The van der Waals surface area contributed by atoms with Crippen LogP contribution in [0.3, 0.4) is 0 Å². The van der Waals surface area contributed by atoms with E-state index in [1.54, 1.807) is 67.7 Å². The Bertz CT molecular complexity index is 5560. The maximum absolute atomic E-state index is 12.7. The Morgan fingerprint density at radius 3 is 1.28 bits per heavy atom. The van der Waals surface area contributed by atoms with Crippen LogP contribution >= 0.6 is 11.6 Å². The van der Waals surface area contributed by atoms with Gasteiger partial charge in [0.2, 0.25) is 0 Å². The normalized spacial score (nSPS) is 11.2. The van der Waals surface area contributed by atoms with Crippen molar-refractivity contribution in [2.75, 3.05) is 83.6 Å². The van der Waals surface area contributed by atoms with Crippen molar-refractivity contribution in [2.45, 2.75) is 106 Å². The molecule has 0 atom stereocenters. The van der Waals surface area contributed by atoms with E-state index in [4.69, 9.17) is 26.8 Å². The quantitative estimate of drug-likeness (QED) is 0.0151. The second-order valence-electron chi connectivity index (χ2n) is 28.3. The van der Waals surface area contributed by atoms with Gasteiger partial charge < -0.3 is 83.7 Å². The number of carbonyl (C=O) groups excluding carboxylic acids is 14. The predicted molar refractivity (Wildman–Crippen MR) is 499 cm³/mol. The Labute approximate surface area is 822 Å². The Hall–Kier alpha value is -14.6. The Morgan fingerprint density at radius 2 is 0.869 bits per heavy atom. The smallest absolute Gasteiger partial charge is 1.00 e. The first-order valence-electron chi connectivity index (χ1n) is 42.0. The number of rotatable bonds is 23. The van der Waals surface area contributed by atoms with Crippen LogP contribution in [0.2, 0.25) is 0 Å². The summed E-state index contributed by atoms with van der Waals surface area (Å²) in [6.45, 7) is 16.3. The number of halogens is 1. The van der Waals surface area contributed by atoms with Gasteiger partial charge >= 0.3 is 78.7 Å². The number of nitrogens with two attached hydrogens (primary N) is 1.